The number of hydrogen-bond acceptors (Lipinski definition) is 2. The van der Waals surface area contributed by atoms with E-state index in [2.05, 4.69) is 10.2 Å². The third kappa shape index (κ3) is 2.51. The molecule has 1 aromatic carbocycles. The van der Waals surface area contributed by atoms with Gasteiger partial charge in [0.15, 0.2) is 0 Å². The fraction of sp³-hybridized carbons (Fsp3) is 0.600. The Morgan fingerprint density at radius 1 is 1.00 bits per heavy atom. The maximum Gasteiger partial charge on any atom is 0.123 e. The van der Waals surface area contributed by atoms with E-state index in [4.69, 9.17) is 0 Å². The van der Waals surface area contributed by atoms with Gasteiger partial charge in [0.2, 0.25) is 0 Å². The lowest BCUT2D eigenvalue weighted by molar-refractivity contribution is 0.276. The summed E-state index contributed by atoms with van der Waals surface area (Å²) in [4.78, 5) is 2.41. The van der Waals surface area contributed by atoms with Crippen LogP contribution >= 0.6 is 0 Å². The molecule has 2 nitrogen and oxygen atoms in total. The number of hydrogen-bond donors (Lipinski definition) is 1. The van der Waals surface area contributed by atoms with Gasteiger partial charge in [-0.2, -0.15) is 0 Å². The van der Waals surface area contributed by atoms with Crippen LogP contribution in [-0.4, -0.2) is 26.2 Å². The van der Waals surface area contributed by atoms with Gasteiger partial charge in [-0.15, -0.1) is 0 Å². The SMILES string of the molecule is Fc1ccc(N2CCC(C3CCNCC3)C2)cc1. The lowest BCUT2D eigenvalue weighted by Gasteiger charge is -2.28. The van der Waals surface area contributed by atoms with Gasteiger partial charge in [0.05, 0.1) is 0 Å². The highest BCUT2D eigenvalue weighted by Gasteiger charge is 2.30. The van der Waals surface area contributed by atoms with E-state index in [0.717, 1.165) is 24.9 Å². The van der Waals surface area contributed by atoms with Crippen molar-refractivity contribution in [2.45, 2.75) is 19.3 Å². The van der Waals surface area contributed by atoms with Crippen molar-refractivity contribution in [1.82, 2.24) is 5.32 Å². The number of nitrogens with one attached hydrogen (secondary N) is 1. The predicted molar refractivity (Wildman–Crippen MR) is 72.3 cm³/mol. The van der Waals surface area contributed by atoms with Gasteiger partial charge in [-0.25, -0.2) is 4.39 Å². The first kappa shape index (κ1) is 12.0. The van der Waals surface area contributed by atoms with Crippen molar-refractivity contribution in [2.24, 2.45) is 11.8 Å². The summed E-state index contributed by atoms with van der Waals surface area (Å²) in [5.74, 6) is 1.57. The molecule has 1 atom stereocenters. The van der Waals surface area contributed by atoms with Crippen molar-refractivity contribution in [3.05, 3.63) is 30.1 Å². The fourth-order valence-corrected chi connectivity index (χ4v) is 3.37. The highest BCUT2D eigenvalue weighted by Crippen LogP contribution is 2.32. The first-order valence-corrected chi connectivity index (χ1v) is 7.04. The molecule has 2 aliphatic rings. The van der Waals surface area contributed by atoms with Gasteiger partial charge in [-0.3, -0.25) is 0 Å². The summed E-state index contributed by atoms with van der Waals surface area (Å²) < 4.78 is 12.9. The molecule has 0 aromatic heterocycles. The van der Waals surface area contributed by atoms with E-state index in [0.29, 0.717) is 0 Å². The minimum Gasteiger partial charge on any atom is -0.371 e. The van der Waals surface area contributed by atoms with Crippen LogP contribution in [0.5, 0.6) is 0 Å². The Morgan fingerprint density at radius 2 is 1.72 bits per heavy atom. The van der Waals surface area contributed by atoms with Crippen molar-refractivity contribution in [2.75, 3.05) is 31.1 Å². The Morgan fingerprint density at radius 3 is 2.44 bits per heavy atom. The molecule has 2 heterocycles. The van der Waals surface area contributed by atoms with Crippen molar-refractivity contribution < 1.29 is 4.39 Å². The third-order valence-electron chi connectivity index (χ3n) is 4.47. The zero-order valence-electron chi connectivity index (χ0n) is 10.7. The molecule has 0 bridgehead atoms. The topological polar surface area (TPSA) is 15.3 Å². The molecular weight excluding hydrogens is 227 g/mol. The summed E-state index contributed by atoms with van der Waals surface area (Å²) in [6, 6.07) is 6.93. The smallest absolute Gasteiger partial charge is 0.123 e. The fourth-order valence-electron chi connectivity index (χ4n) is 3.37. The Labute approximate surface area is 108 Å². The standard InChI is InChI=1S/C15H21FN2/c16-14-1-3-15(4-2-14)18-10-7-13(11-18)12-5-8-17-9-6-12/h1-4,12-13,17H,5-11H2. The number of rotatable bonds is 2. The summed E-state index contributed by atoms with van der Waals surface area (Å²) in [6.45, 7) is 4.63. The second kappa shape index (κ2) is 5.27. The Balaban J connectivity index is 1.62. The summed E-state index contributed by atoms with van der Waals surface area (Å²) in [6.07, 6.45) is 3.94. The first-order valence-electron chi connectivity index (χ1n) is 7.04. The molecule has 98 valence electrons. The van der Waals surface area contributed by atoms with Gasteiger partial charge in [-0.1, -0.05) is 0 Å². The second-order valence-electron chi connectivity index (χ2n) is 5.56. The molecule has 18 heavy (non-hydrogen) atoms. The molecule has 0 amide bonds. The molecule has 0 radical (unpaired) electrons. The van der Waals surface area contributed by atoms with Crippen LogP contribution in [0.4, 0.5) is 10.1 Å². The van der Waals surface area contributed by atoms with Gasteiger partial charge >= 0.3 is 0 Å². The van der Waals surface area contributed by atoms with Crippen LogP contribution in [0.25, 0.3) is 0 Å². The maximum atomic E-state index is 12.9. The molecule has 1 aromatic rings. The average Bonchev–Trinajstić information content (AvgIpc) is 2.90. The zero-order valence-corrected chi connectivity index (χ0v) is 10.7. The van der Waals surface area contributed by atoms with E-state index in [-0.39, 0.29) is 5.82 Å². The third-order valence-corrected chi connectivity index (χ3v) is 4.47. The minimum absolute atomic E-state index is 0.146. The highest BCUT2D eigenvalue weighted by atomic mass is 19.1. The molecule has 3 rings (SSSR count). The van der Waals surface area contributed by atoms with Crippen LogP contribution in [-0.2, 0) is 0 Å². The van der Waals surface area contributed by atoms with Gasteiger partial charge in [0, 0.05) is 18.8 Å². The van der Waals surface area contributed by atoms with Crippen molar-refractivity contribution in [3.8, 4) is 0 Å². The van der Waals surface area contributed by atoms with Gasteiger partial charge in [0.1, 0.15) is 5.82 Å². The molecular formula is C15H21FN2. The summed E-state index contributed by atoms with van der Waals surface area (Å²) in [5.41, 5.74) is 1.17. The van der Waals surface area contributed by atoms with Crippen LogP contribution in [0.3, 0.4) is 0 Å². The number of anilines is 1. The van der Waals surface area contributed by atoms with Crippen LogP contribution in [0.15, 0.2) is 24.3 Å². The van der Waals surface area contributed by atoms with Crippen LogP contribution in [0.2, 0.25) is 0 Å². The maximum absolute atomic E-state index is 12.9. The molecule has 1 N–H and O–H groups in total. The monoisotopic (exact) mass is 248 g/mol. The lowest BCUT2D eigenvalue weighted by Crippen LogP contribution is -2.32. The molecule has 2 aliphatic heterocycles. The molecule has 0 saturated carbocycles. The second-order valence-corrected chi connectivity index (χ2v) is 5.56. The van der Waals surface area contributed by atoms with Crippen LogP contribution in [0, 0.1) is 17.7 Å². The van der Waals surface area contributed by atoms with E-state index in [1.165, 1.54) is 38.0 Å². The van der Waals surface area contributed by atoms with Gasteiger partial charge in [0.25, 0.3) is 0 Å². The molecule has 1 unspecified atom stereocenters. The molecule has 2 saturated heterocycles. The first-order chi connectivity index (χ1) is 8.83. The zero-order chi connectivity index (χ0) is 12.4. The van der Waals surface area contributed by atoms with Crippen molar-refractivity contribution >= 4 is 5.69 Å². The van der Waals surface area contributed by atoms with Gasteiger partial charge < -0.3 is 10.2 Å². The van der Waals surface area contributed by atoms with E-state index >= 15 is 0 Å². The summed E-state index contributed by atoms with van der Waals surface area (Å²) >= 11 is 0. The van der Waals surface area contributed by atoms with Crippen LogP contribution < -0.4 is 10.2 Å². The number of halogens is 1. The molecule has 0 spiro atoms. The number of piperidine rings is 1. The Kier molecular flexibility index (Phi) is 3.50. The Hall–Kier alpha value is -1.09. The number of benzene rings is 1. The summed E-state index contributed by atoms with van der Waals surface area (Å²) in [7, 11) is 0. The molecule has 3 heteroatoms. The van der Waals surface area contributed by atoms with Crippen molar-refractivity contribution in [3.63, 3.8) is 0 Å². The van der Waals surface area contributed by atoms with E-state index < -0.39 is 0 Å². The molecule has 0 aliphatic carbocycles. The quantitative estimate of drug-likeness (QED) is 0.865. The number of nitrogens with zero attached hydrogens (tertiary/aromatic N) is 1. The molecule has 2 fully saturated rings. The summed E-state index contributed by atoms with van der Waals surface area (Å²) in [5, 5.41) is 3.43. The minimum atomic E-state index is -0.146. The lowest BCUT2D eigenvalue weighted by atomic mass is 9.84. The van der Waals surface area contributed by atoms with Gasteiger partial charge in [-0.05, 0) is 68.5 Å². The van der Waals surface area contributed by atoms with Crippen molar-refractivity contribution in [1.29, 1.82) is 0 Å². The van der Waals surface area contributed by atoms with E-state index in [9.17, 15) is 4.39 Å². The van der Waals surface area contributed by atoms with Crippen LogP contribution in [0.1, 0.15) is 19.3 Å². The largest absolute Gasteiger partial charge is 0.371 e. The van der Waals surface area contributed by atoms with E-state index in [1.807, 2.05) is 12.1 Å². The van der Waals surface area contributed by atoms with E-state index in [1.54, 1.807) is 12.1 Å². The highest BCUT2D eigenvalue weighted by molar-refractivity contribution is 5.47. The Bertz CT molecular complexity index is 384. The average molecular weight is 248 g/mol. The predicted octanol–water partition coefficient (Wildman–Crippen LogP) is 2.65. The normalized spacial score (nSPS) is 25.6.